The van der Waals surface area contributed by atoms with Crippen molar-refractivity contribution in [3.63, 3.8) is 0 Å². The molecule has 5 heteroatoms. The van der Waals surface area contributed by atoms with Gasteiger partial charge < -0.3 is 14.6 Å². The molecule has 0 bridgehead atoms. The minimum absolute atomic E-state index is 0.0524. The number of halogens is 1. The molecule has 1 aromatic rings. The van der Waals surface area contributed by atoms with E-state index in [1.807, 2.05) is 0 Å². The summed E-state index contributed by atoms with van der Waals surface area (Å²) >= 11 is 0. The molecule has 0 heterocycles. The average molecular weight is 282 g/mol. The van der Waals surface area contributed by atoms with Gasteiger partial charge in [-0.3, -0.25) is 0 Å². The lowest BCUT2D eigenvalue weighted by Crippen LogP contribution is -2.27. The molecule has 1 aliphatic carbocycles. The number of rotatable bonds is 5. The first kappa shape index (κ1) is 14.9. The number of carboxylic acids is 1. The third-order valence-corrected chi connectivity index (χ3v) is 3.69. The zero-order valence-corrected chi connectivity index (χ0v) is 11.5. The van der Waals surface area contributed by atoms with E-state index in [9.17, 15) is 9.18 Å². The van der Waals surface area contributed by atoms with E-state index in [1.54, 1.807) is 7.11 Å². The van der Waals surface area contributed by atoms with Crippen LogP contribution in [-0.2, 0) is 16.1 Å². The Labute approximate surface area is 117 Å². The predicted octanol–water partition coefficient (Wildman–Crippen LogP) is 3.00. The lowest BCUT2D eigenvalue weighted by Gasteiger charge is -2.28. The fourth-order valence-electron chi connectivity index (χ4n) is 2.47. The number of hydrogen-bond donors (Lipinski definition) is 1. The van der Waals surface area contributed by atoms with Crippen LogP contribution in [0, 0.1) is 5.82 Å². The normalized spacial score (nSPS) is 22.7. The van der Waals surface area contributed by atoms with Gasteiger partial charge in [-0.05, 0) is 37.8 Å². The molecule has 20 heavy (non-hydrogen) atoms. The summed E-state index contributed by atoms with van der Waals surface area (Å²) in [5, 5.41) is 8.78. The molecule has 0 spiro atoms. The first-order valence-electron chi connectivity index (χ1n) is 6.76. The summed E-state index contributed by atoms with van der Waals surface area (Å²) in [7, 11) is 1.69. The summed E-state index contributed by atoms with van der Waals surface area (Å²) < 4.78 is 24.8. The van der Waals surface area contributed by atoms with E-state index in [2.05, 4.69) is 0 Å². The van der Waals surface area contributed by atoms with Crippen molar-refractivity contribution >= 4 is 5.97 Å². The lowest BCUT2D eigenvalue weighted by atomic mass is 9.95. The first-order valence-corrected chi connectivity index (χ1v) is 6.76. The van der Waals surface area contributed by atoms with Crippen LogP contribution in [0.15, 0.2) is 18.2 Å². The highest BCUT2D eigenvalue weighted by Crippen LogP contribution is 2.24. The van der Waals surface area contributed by atoms with Gasteiger partial charge in [0.15, 0.2) is 0 Å². The number of hydrogen-bond acceptors (Lipinski definition) is 3. The van der Waals surface area contributed by atoms with Crippen LogP contribution in [0.25, 0.3) is 0 Å². The van der Waals surface area contributed by atoms with Gasteiger partial charge in [0.2, 0.25) is 0 Å². The highest BCUT2D eigenvalue weighted by atomic mass is 19.1. The average Bonchev–Trinajstić information content (AvgIpc) is 2.46. The van der Waals surface area contributed by atoms with E-state index in [0.29, 0.717) is 5.56 Å². The van der Waals surface area contributed by atoms with Gasteiger partial charge in [-0.25, -0.2) is 9.18 Å². The van der Waals surface area contributed by atoms with Crippen LogP contribution in [0.2, 0.25) is 0 Å². The molecule has 1 saturated carbocycles. The molecule has 1 aromatic carbocycles. The van der Waals surface area contributed by atoms with Gasteiger partial charge in [0.25, 0.3) is 0 Å². The van der Waals surface area contributed by atoms with Crippen LogP contribution in [-0.4, -0.2) is 30.4 Å². The highest BCUT2D eigenvalue weighted by molar-refractivity contribution is 5.87. The molecule has 4 nitrogen and oxygen atoms in total. The van der Waals surface area contributed by atoms with E-state index in [4.69, 9.17) is 14.6 Å². The second-order valence-corrected chi connectivity index (χ2v) is 5.07. The van der Waals surface area contributed by atoms with E-state index in [-0.39, 0.29) is 24.4 Å². The Kier molecular flexibility index (Phi) is 5.09. The smallest absolute Gasteiger partial charge is 0.335 e. The largest absolute Gasteiger partial charge is 0.478 e. The number of aromatic carboxylic acids is 1. The zero-order chi connectivity index (χ0) is 14.5. The van der Waals surface area contributed by atoms with Crippen molar-refractivity contribution in [2.75, 3.05) is 7.11 Å². The van der Waals surface area contributed by atoms with Crippen LogP contribution in [0.1, 0.15) is 41.6 Å². The number of carboxylic acid groups (broad SMARTS) is 1. The molecule has 0 aliphatic heterocycles. The van der Waals surface area contributed by atoms with Crippen molar-refractivity contribution in [2.24, 2.45) is 0 Å². The molecule has 0 amide bonds. The SMILES string of the molecule is COC1CCCC(OCc2ccc(C(=O)O)cc2F)C1. The van der Waals surface area contributed by atoms with Crippen LogP contribution >= 0.6 is 0 Å². The van der Waals surface area contributed by atoms with Gasteiger partial charge in [0.1, 0.15) is 5.82 Å². The predicted molar refractivity (Wildman–Crippen MR) is 71.2 cm³/mol. The molecule has 2 atom stereocenters. The Hall–Kier alpha value is -1.46. The summed E-state index contributed by atoms with van der Waals surface area (Å²) in [6.45, 7) is 0.160. The molecule has 0 saturated heterocycles. The zero-order valence-electron chi connectivity index (χ0n) is 11.5. The Morgan fingerprint density at radius 3 is 2.80 bits per heavy atom. The molecular weight excluding hydrogens is 263 g/mol. The van der Waals surface area contributed by atoms with Crippen LogP contribution < -0.4 is 0 Å². The van der Waals surface area contributed by atoms with Gasteiger partial charge in [0.05, 0.1) is 24.4 Å². The van der Waals surface area contributed by atoms with Gasteiger partial charge in [-0.1, -0.05) is 6.07 Å². The number of ether oxygens (including phenoxy) is 2. The molecule has 1 N–H and O–H groups in total. The van der Waals surface area contributed by atoms with Crippen molar-refractivity contribution in [1.29, 1.82) is 0 Å². The van der Waals surface area contributed by atoms with Crippen molar-refractivity contribution in [3.05, 3.63) is 35.1 Å². The monoisotopic (exact) mass is 282 g/mol. The number of methoxy groups -OCH3 is 1. The first-order chi connectivity index (χ1) is 9.60. The van der Waals surface area contributed by atoms with Gasteiger partial charge >= 0.3 is 5.97 Å². The highest BCUT2D eigenvalue weighted by Gasteiger charge is 2.22. The quantitative estimate of drug-likeness (QED) is 0.902. The minimum atomic E-state index is -1.13. The molecular formula is C15H19FO4. The third-order valence-electron chi connectivity index (χ3n) is 3.69. The second kappa shape index (κ2) is 6.81. The fourth-order valence-corrected chi connectivity index (χ4v) is 2.47. The van der Waals surface area contributed by atoms with Crippen molar-refractivity contribution < 1.29 is 23.8 Å². The van der Waals surface area contributed by atoms with Gasteiger partial charge in [0, 0.05) is 12.7 Å². The lowest BCUT2D eigenvalue weighted by molar-refractivity contribution is -0.0369. The minimum Gasteiger partial charge on any atom is -0.478 e. The van der Waals surface area contributed by atoms with Crippen molar-refractivity contribution in [2.45, 2.75) is 44.5 Å². The summed E-state index contributed by atoms with van der Waals surface area (Å²) in [4.78, 5) is 10.7. The van der Waals surface area contributed by atoms with Crippen molar-refractivity contribution in [1.82, 2.24) is 0 Å². The maximum atomic E-state index is 13.7. The number of benzene rings is 1. The van der Waals surface area contributed by atoms with Gasteiger partial charge in [-0.15, -0.1) is 0 Å². The Balaban J connectivity index is 1.92. The Bertz CT molecular complexity index is 475. The number of carbonyl (C=O) groups is 1. The summed E-state index contributed by atoms with van der Waals surface area (Å²) in [6, 6.07) is 3.89. The molecule has 0 radical (unpaired) electrons. The fraction of sp³-hybridized carbons (Fsp3) is 0.533. The third kappa shape index (κ3) is 3.77. The van der Waals surface area contributed by atoms with Crippen molar-refractivity contribution in [3.8, 4) is 0 Å². The van der Waals surface area contributed by atoms with Gasteiger partial charge in [-0.2, -0.15) is 0 Å². The van der Waals surface area contributed by atoms with E-state index in [1.165, 1.54) is 12.1 Å². The van der Waals surface area contributed by atoms with Crippen LogP contribution in [0.3, 0.4) is 0 Å². The second-order valence-electron chi connectivity index (χ2n) is 5.07. The molecule has 0 aromatic heterocycles. The van der Waals surface area contributed by atoms with E-state index >= 15 is 0 Å². The molecule has 1 fully saturated rings. The summed E-state index contributed by atoms with van der Waals surface area (Å²) in [5.41, 5.74) is 0.331. The molecule has 110 valence electrons. The molecule has 2 rings (SSSR count). The Morgan fingerprint density at radius 2 is 2.15 bits per heavy atom. The van der Waals surface area contributed by atoms with Crippen LogP contribution in [0.5, 0.6) is 0 Å². The standard InChI is InChI=1S/C15H19FO4/c1-19-12-3-2-4-13(8-12)20-9-11-6-5-10(15(17)18)7-14(11)16/h5-7,12-13H,2-4,8-9H2,1H3,(H,17,18). The maximum Gasteiger partial charge on any atom is 0.335 e. The summed E-state index contributed by atoms with van der Waals surface area (Å²) in [5.74, 6) is -1.67. The topological polar surface area (TPSA) is 55.8 Å². The maximum absolute atomic E-state index is 13.7. The van der Waals surface area contributed by atoms with E-state index in [0.717, 1.165) is 31.7 Å². The summed E-state index contributed by atoms with van der Waals surface area (Å²) in [6.07, 6.45) is 4.15. The van der Waals surface area contributed by atoms with E-state index < -0.39 is 11.8 Å². The molecule has 1 aliphatic rings. The molecule has 2 unspecified atom stereocenters. The van der Waals surface area contributed by atoms with Crippen LogP contribution in [0.4, 0.5) is 4.39 Å². The Morgan fingerprint density at radius 1 is 1.40 bits per heavy atom.